The summed E-state index contributed by atoms with van der Waals surface area (Å²) in [5.41, 5.74) is 4.31. The summed E-state index contributed by atoms with van der Waals surface area (Å²) in [5.74, 6) is 2.02. The lowest BCUT2D eigenvalue weighted by molar-refractivity contribution is 0.183. The highest BCUT2D eigenvalue weighted by Crippen LogP contribution is 2.40. The van der Waals surface area contributed by atoms with Crippen molar-refractivity contribution in [3.05, 3.63) is 95.6 Å². The van der Waals surface area contributed by atoms with Crippen molar-refractivity contribution in [2.75, 3.05) is 26.2 Å². The monoisotopic (exact) mass is 427 g/mol. The predicted octanol–water partition coefficient (Wildman–Crippen LogP) is 5.82. The molecular weight excluding hydrogens is 398 g/mol. The van der Waals surface area contributed by atoms with E-state index in [1.54, 1.807) is 12.1 Å². The maximum absolute atomic E-state index is 9.68. The van der Waals surface area contributed by atoms with Crippen LogP contribution in [0.3, 0.4) is 0 Å². The lowest BCUT2D eigenvalue weighted by Gasteiger charge is -2.27. The Kier molecular flexibility index (Phi) is 6.13. The molecule has 0 saturated carbocycles. The van der Waals surface area contributed by atoms with Crippen molar-refractivity contribution in [2.24, 2.45) is 0 Å². The molecule has 1 unspecified atom stereocenters. The number of phenolic OH excluding ortho intramolecular Hbond substituents is 1. The first-order valence-corrected chi connectivity index (χ1v) is 11.5. The summed E-state index contributed by atoms with van der Waals surface area (Å²) in [7, 11) is 0. The maximum Gasteiger partial charge on any atom is 0.143 e. The molecule has 1 saturated heterocycles. The van der Waals surface area contributed by atoms with Gasteiger partial charge in [0.25, 0.3) is 0 Å². The first-order valence-electron chi connectivity index (χ1n) is 11.5. The van der Waals surface area contributed by atoms with E-state index in [2.05, 4.69) is 29.2 Å². The van der Waals surface area contributed by atoms with Gasteiger partial charge in [-0.1, -0.05) is 48.9 Å². The van der Waals surface area contributed by atoms with Gasteiger partial charge in [0.1, 0.15) is 30.0 Å². The molecule has 4 heteroatoms. The number of hydrogen-bond acceptors (Lipinski definition) is 4. The number of benzene rings is 3. The molecule has 32 heavy (non-hydrogen) atoms. The average molecular weight is 428 g/mol. The minimum Gasteiger partial charge on any atom is -0.508 e. The Bertz CT molecular complexity index is 1070. The molecule has 0 aromatic heterocycles. The summed E-state index contributed by atoms with van der Waals surface area (Å²) in [6.07, 6.45) is 5.93. The fraction of sp³-hybridized carbons (Fsp3) is 0.286. The smallest absolute Gasteiger partial charge is 0.143 e. The van der Waals surface area contributed by atoms with Crippen LogP contribution in [-0.2, 0) is 0 Å². The molecule has 164 valence electrons. The molecule has 3 aromatic carbocycles. The molecule has 2 heterocycles. The van der Waals surface area contributed by atoms with E-state index in [9.17, 15) is 5.11 Å². The number of rotatable bonds is 6. The standard InChI is InChI=1S/C28H29NO3/c30-23-12-8-21(9-13-23)26-20-28(32-27-7-3-2-6-25(26)27)22-10-14-24(15-11-22)31-19-18-29-16-4-1-5-17-29/h2-3,6-15,20,28,30H,1,4-5,16-19H2. The van der Waals surface area contributed by atoms with Gasteiger partial charge in [-0.15, -0.1) is 0 Å². The molecule has 0 bridgehead atoms. The number of likely N-dealkylation sites (tertiary alicyclic amines) is 1. The second-order valence-corrected chi connectivity index (χ2v) is 8.48. The van der Waals surface area contributed by atoms with Crippen LogP contribution in [0.25, 0.3) is 5.57 Å². The topological polar surface area (TPSA) is 41.9 Å². The van der Waals surface area contributed by atoms with Crippen molar-refractivity contribution >= 4 is 5.57 Å². The Balaban J connectivity index is 1.31. The summed E-state index contributed by atoms with van der Waals surface area (Å²) in [6.45, 7) is 4.09. The summed E-state index contributed by atoms with van der Waals surface area (Å²) < 4.78 is 12.3. The Morgan fingerprint density at radius 3 is 2.41 bits per heavy atom. The van der Waals surface area contributed by atoms with Crippen molar-refractivity contribution in [3.63, 3.8) is 0 Å². The lowest BCUT2D eigenvalue weighted by atomic mass is 9.92. The van der Waals surface area contributed by atoms with E-state index >= 15 is 0 Å². The number of hydrogen-bond donors (Lipinski definition) is 1. The summed E-state index contributed by atoms with van der Waals surface area (Å²) in [6, 6.07) is 23.7. The summed E-state index contributed by atoms with van der Waals surface area (Å²) in [4.78, 5) is 2.49. The largest absolute Gasteiger partial charge is 0.508 e. The minimum atomic E-state index is -0.184. The minimum absolute atomic E-state index is 0.184. The van der Waals surface area contributed by atoms with E-state index in [0.717, 1.165) is 46.9 Å². The Morgan fingerprint density at radius 2 is 1.62 bits per heavy atom. The fourth-order valence-corrected chi connectivity index (χ4v) is 4.49. The van der Waals surface area contributed by atoms with Crippen LogP contribution >= 0.6 is 0 Å². The van der Waals surface area contributed by atoms with E-state index in [0.29, 0.717) is 0 Å². The van der Waals surface area contributed by atoms with Crippen LogP contribution in [0.2, 0.25) is 0 Å². The van der Waals surface area contributed by atoms with Gasteiger partial charge in [-0.2, -0.15) is 0 Å². The second-order valence-electron chi connectivity index (χ2n) is 8.48. The van der Waals surface area contributed by atoms with Gasteiger partial charge < -0.3 is 14.6 Å². The third-order valence-corrected chi connectivity index (χ3v) is 6.26. The Hall–Kier alpha value is -3.24. The van der Waals surface area contributed by atoms with Crippen molar-refractivity contribution in [3.8, 4) is 17.2 Å². The van der Waals surface area contributed by atoms with Crippen molar-refractivity contribution < 1.29 is 14.6 Å². The molecule has 0 spiro atoms. The normalized spacial score (nSPS) is 18.4. The quantitative estimate of drug-likeness (QED) is 0.538. The number of para-hydroxylation sites is 1. The number of ether oxygens (including phenoxy) is 2. The zero-order valence-corrected chi connectivity index (χ0v) is 18.2. The van der Waals surface area contributed by atoms with Crippen LogP contribution in [0.1, 0.15) is 42.1 Å². The SMILES string of the molecule is Oc1ccc(C2=CC(c3ccc(OCCN4CCCCC4)cc3)Oc3ccccc32)cc1. The van der Waals surface area contributed by atoms with Crippen LogP contribution in [0, 0.1) is 0 Å². The third kappa shape index (κ3) is 4.66. The molecule has 0 aliphatic carbocycles. The van der Waals surface area contributed by atoms with Crippen molar-refractivity contribution in [1.29, 1.82) is 0 Å². The van der Waals surface area contributed by atoms with E-state index in [4.69, 9.17) is 9.47 Å². The van der Waals surface area contributed by atoms with Crippen LogP contribution < -0.4 is 9.47 Å². The van der Waals surface area contributed by atoms with E-state index in [1.165, 1.54) is 32.4 Å². The van der Waals surface area contributed by atoms with Crippen molar-refractivity contribution in [2.45, 2.75) is 25.4 Å². The van der Waals surface area contributed by atoms with Crippen LogP contribution in [0.4, 0.5) is 0 Å². The Morgan fingerprint density at radius 1 is 0.875 bits per heavy atom. The number of piperidine rings is 1. The molecule has 4 nitrogen and oxygen atoms in total. The fourth-order valence-electron chi connectivity index (χ4n) is 4.49. The lowest BCUT2D eigenvalue weighted by Crippen LogP contribution is -2.33. The molecule has 0 amide bonds. The highest BCUT2D eigenvalue weighted by Gasteiger charge is 2.22. The van der Waals surface area contributed by atoms with Crippen LogP contribution in [0.5, 0.6) is 17.2 Å². The molecule has 2 aliphatic rings. The maximum atomic E-state index is 9.68. The molecule has 0 radical (unpaired) electrons. The van der Waals surface area contributed by atoms with Crippen LogP contribution in [0.15, 0.2) is 78.9 Å². The van der Waals surface area contributed by atoms with Gasteiger partial charge in [0.05, 0.1) is 0 Å². The van der Waals surface area contributed by atoms with Crippen molar-refractivity contribution in [1.82, 2.24) is 4.90 Å². The van der Waals surface area contributed by atoms with E-state index in [1.807, 2.05) is 42.5 Å². The molecule has 1 atom stereocenters. The van der Waals surface area contributed by atoms with Gasteiger partial charge >= 0.3 is 0 Å². The van der Waals surface area contributed by atoms with Crippen LogP contribution in [-0.4, -0.2) is 36.2 Å². The number of fused-ring (bicyclic) bond motifs is 1. The average Bonchev–Trinajstić information content (AvgIpc) is 2.85. The van der Waals surface area contributed by atoms with Gasteiger partial charge in [0.2, 0.25) is 0 Å². The van der Waals surface area contributed by atoms with E-state index in [-0.39, 0.29) is 11.9 Å². The molecule has 1 fully saturated rings. The molecular formula is C28H29NO3. The summed E-state index contributed by atoms with van der Waals surface area (Å²) >= 11 is 0. The zero-order valence-electron chi connectivity index (χ0n) is 18.2. The van der Waals surface area contributed by atoms with Gasteiger partial charge in [0.15, 0.2) is 0 Å². The van der Waals surface area contributed by atoms with Gasteiger partial charge in [-0.3, -0.25) is 4.90 Å². The van der Waals surface area contributed by atoms with Gasteiger partial charge in [-0.25, -0.2) is 0 Å². The second kappa shape index (κ2) is 9.49. The number of phenols is 1. The highest BCUT2D eigenvalue weighted by molar-refractivity contribution is 5.84. The number of nitrogens with zero attached hydrogens (tertiary/aromatic N) is 1. The molecule has 5 rings (SSSR count). The van der Waals surface area contributed by atoms with Gasteiger partial charge in [0, 0.05) is 12.1 Å². The van der Waals surface area contributed by atoms with Gasteiger partial charge in [-0.05, 0) is 79.0 Å². The first kappa shape index (κ1) is 20.7. The number of aromatic hydroxyl groups is 1. The Labute approximate surface area is 189 Å². The predicted molar refractivity (Wildman–Crippen MR) is 127 cm³/mol. The molecule has 2 aliphatic heterocycles. The van der Waals surface area contributed by atoms with E-state index < -0.39 is 0 Å². The zero-order chi connectivity index (χ0) is 21.8. The third-order valence-electron chi connectivity index (χ3n) is 6.26. The molecule has 1 N–H and O–H groups in total. The molecule has 3 aromatic rings. The first-order chi connectivity index (χ1) is 15.8. The summed E-state index contributed by atoms with van der Waals surface area (Å²) in [5, 5.41) is 9.68. The highest BCUT2D eigenvalue weighted by atomic mass is 16.5.